The van der Waals surface area contributed by atoms with Crippen molar-refractivity contribution in [3.05, 3.63) is 0 Å². The SMILES string of the molecule is O=C(NC1CCC2C(C1)CC(S(=O)(=O)O)C(N=NC1CCC(N=NC3CCC(S(=O)(=O)O)CC3)CC1O)C2O)C1CCCCC1.[Cu]. The predicted octanol–water partition coefficient (Wildman–Crippen LogP) is 3.24. The minimum Gasteiger partial charge on any atom is -0.391 e. The number of rotatable bonds is 8. The van der Waals surface area contributed by atoms with Gasteiger partial charge in [-0.15, -0.1) is 0 Å². The number of aliphatic hydroxyl groups excluding tert-OH is 2. The van der Waals surface area contributed by atoms with Crippen LogP contribution in [0.3, 0.4) is 0 Å². The fourth-order valence-corrected chi connectivity index (χ4v) is 10.3. The molecule has 0 spiro atoms. The molecule has 5 rings (SSSR count). The molecule has 9 unspecified atom stereocenters. The zero-order valence-corrected chi connectivity index (χ0v) is 28.6. The van der Waals surface area contributed by atoms with E-state index in [0.717, 1.165) is 32.1 Å². The second-order valence-corrected chi connectivity index (χ2v) is 17.4. The van der Waals surface area contributed by atoms with Crippen molar-refractivity contribution < 1.29 is 58.0 Å². The van der Waals surface area contributed by atoms with Gasteiger partial charge in [0.2, 0.25) is 5.91 Å². The maximum atomic E-state index is 12.8. The number of amides is 1. The van der Waals surface area contributed by atoms with Crippen LogP contribution in [-0.2, 0) is 42.1 Å². The molecular formula is C29H49CuN5O9S2. The molecule has 0 aromatic carbocycles. The molecule has 1 radical (unpaired) electrons. The molecule has 5 aliphatic carbocycles. The Morgan fingerprint density at radius 2 is 1.33 bits per heavy atom. The Morgan fingerprint density at radius 1 is 0.674 bits per heavy atom. The van der Waals surface area contributed by atoms with Crippen LogP contribution in [0, 0.1) is 17.8 Å². The van der Waals surface area contributed by atoms with Gasteiger partial charge in [-0.25, -0.2) is 0 Å². The average molecular weight is 739 g/mol. The summed E-state index contributed by atoms with van der Waals surface area (Å²) >= 11 is 0. The number of nitrogens with zero attached hydrogens (tertiary/aromatic N) is 4. The third-order valence-corrected chi connectivity index (χ3v) is 13.6. The first-order chi connectivity index (χ1) is 21.3. The number of aliphatic hydroxyl groups is 2. The Bertz CT molecular complexity index is 1310. The van der Waals surface area contributed by atoms with Crippen molar-refractivity contribution in [2.24, 2.45) is 38.2 Å². The molecule has 0 aromatic rings. The van der Waals surface area contributed by atoms with Crippen LogP contribution in [0.1, 0.15) is 103 Å². The Morgan fingerprint density at radius 3 is 1.96 bits per heavy atom. The number of hydrogen-bond donors (Lipinski definition) is 5. The van der Waals surface area contributed by atoms with E-state index in [9.17, 15) is 40.9 Å². The zero-order valence-electron chi connectivity index (χ0n) is 26.0. The maximum Gasteiger partial charge on any atom is 0.270 e. The van der Waals surface area contributed by atoms with Gasteiger partial charge in [-0.05, 0) is 95.3 Å². The van der Waals surface area contributed by atoms with Crippen LogP contribution in [0.15, 0.2) is 20.5 Å². The van der Waals surface area contributed by atoms with Gasteiger partial charge in [0, 0.05) is 29.0 Å². The molecule has 0 aromatic heterocycles. The summed E-state index contributed by atoms with van der Waals surface area (Å²) < 4.78 is 67.0. The van der Waals surface area contributed by atoms with Gasteiger partial charge in [-0.1, -0.05) is 19.3 Å². The third kappa shape index (κ3) is 9.54. The molecule has 5 saturated carbocycles. The van der Waals surface area contributed by atoms with Crippen LogP contribution in [0.5, 0.6) is 0 Å². The molecule has 1 amide bonds. The largest absolute Gasteiger partial charge is 0.391 e. The predicted molar refractivity (Wildman–Crippen MR) is 164 cm³/mol. The summed E-state index contributed by atoms with van der Waals surface area (Å²) in [5.74, 6) is -0.343. The Labute approximate surface area is 282 Å². The van der Waals surface area contributed by atoms with E-state index >= 15 is 0 Å². The van der Waals surface area contributed by atoms with Gasteiger partial charge in [-0.2, -0.15) is 37.3 Å². The number of nitrogens with one attached hydrogen (secondary N) is 1. The number of carbonyl (C=O) groups excluding carboxylic acids is 1. The first-order valence-electron chi connectivity index (χ1n) is 16.7. The van der Waals surface area contributed by atoms with Crippen LogP contribution in [0.4, 0.5) is 0 Å². The van der Waals surface area contributed by atoms with Crippen molar-refractivity contribution in [3.63, 3.8) is 0 Å². The minimum atomic E-state index is -4.56. The van der Waals surface area contributed by atoms with Gasteiger partial charge in [0.1, 0.15) is 11.3 Å². The van der Waals surface area contributed by atoms with Gasteiger partial charge < -0.3 is 15.5 Å². The fourth-order valence-electron chi connectivity index (χ4n) is 8.33. The normalized spacial score (nSPS) is 39.9. The van der Waals surface area contributed by atoms with Crippen molar-refractivity contribution in [2.45, 2.75) is 156 Å². The molecular weight excluding hydrogens is 690 g/mol. The summed E-state index contributed by atoms with van der Waals surface area (Å²) in [7, 11) is -8.60. The van der Waals surface area contributed by atoms with Crippen LogP contribution in [0.25, 0.3) is 0 Å². The van der Waals surface area contributed by atoms with E-state index in [1.165, 1.54) is 0 Å². The molecule has 0 aliphatic heterocycles. The van der Waals surface area contributed by atoms with E-state index in [0.29, 0.717) is 57.8 Å². The summed E-state index contributed by atoms with van der Waals surface area (Å²) in [4.78, 5) is 12.8. The Balaban J connectivity index is 0.00000480. The molecule has 0 heterocycles. The molecule has 5 aliphatic rings. The topological polar surface area (TPSA) is 228 Å². The summed E-state index contributed by atoms with van der Waals surface area (Å²) in [6.45, 7) is 0. The maximum absolute atomic E-state index is 12.8. The van der Waals surface area contributed by atoms with Crippen LogP contribution in [-0.4, -0.2) is 95.0 Å². The fraction of sp³-hybridized carbons (Fsp3) is 0.966. The molecule has 0 bridgehead atoms. The van der Waals surface area contributed by atoms with E-state index in [1.54, 1.807) is 0 Å². The van der Waals surface area contributed by atoms with Gasteiger partial charge >= 0.3 is 0 Å². The number of fused-ring (bicyclic) bond motifs is 1. The standard InChI is InChI=1S/C29H49N5O9S2.Cu/c35-25-16-21(32-31-19-6-10-22(11-7-19)44(38,39)40)9-13-24(25)33-34-27-26(45(41,42)43)15-18-14-20(8-12-23(18)28(27)36)30-29(37)17-4-2-1-3-5-17;/h17-28,35-36H,1-16H2,(H,30,37)(H,38,39,40)(H,41,42,43);. The van der Waals surface area contributed by atoms with E-state index in [4.69, 9.17) is 0 Å². The summed E-state index contributed by atoms with van der Waals surface area (Å²) in [6.07, 6.45) is 7.90. The molecule has 5 fully saturated rings. The van der Waals surface area contributed by atoms with E-state index in [1.807, 2.05) is 0 Å². The van der Waals surface area contributed by atoms with Crippen molar-refractivity contribution in [1.29, 1.82) is 0 Å². The summed E-state index contributed by atoms with van der Waals surface area (Å²) in [5, 5.41) is 40.5. The first kappa shape index (κ1) is 37.7. The summed E-state index contributed by atoms with van der Waals surface area (Å²) in [5.41, 5.74) is 0. The Kier molecular flexibility index (Phi) is 13.2. The van der Waals surface area contributed by atoms with E-state index in [2.05, 4.69) is 25.8 Å². The Hall–Kier alpha value is -1.07. The van der Waals surface area contributed by atoms with Gasteiger partial charge in [-0.3, -0.25) is 13.9 Å². The molecule has 14 nitrogen and oxygen atoms in total. The zero-order chi connectivity index (χ0) is 32.4. The van der Waals surface area contributed by atoms with Crippen molar-refractivity contribution in [1.82, 2.24) is 5.32 Å². The number of carbonyl (C=O) groups is 1. The quantitative estimate of drug-likeness (QED) is 0.140. The van der Waals surface area contributed by atoms with Gasteiger partial charge in [0.15, 0.2) is 0 Å². The van der Waals surface area contributed by atoms with Crippen LogP contribution in [0.2, 0.25) is 0 Å². The van der Waals surface area contributed by atoms with Crippen LogP contribution < -0.4 is 5.32 Å². The monoisotopic (exact) mass is 738 g/mol. The second-order valence-electron chi connectivity index (χ2n) is 14.1. The number of azo groups is 2. The average Bonchev–Trinajstić information content (AvgIpc) is 3.00. The van der Waals surface area contributed by atoms with Crippen molar-refractivity contribution in [3.8, 4) is 0 Å². The smallest absolute Gasteiger partial charge is 0.270 e. The molecule has 5 N–H and O–H groups in total. The van der Waals surface area contributed by atoms with Gasteiger partial charge in [0.05, 0.1) is 35.6 Å². The molecule has 46 heavy (non-hydrogen) atoms. The van der Waals surface area contributed by atoms with E-state index in [-0.39, 0.29) is 71.7 Å². The van der Waals surface area contributed by atoms with Crippen molar-refractivity contribution in [2.75, 3.05) is 0 Å². The second kappa shape index (κ2) is 16.1. The third-order valence-electron chi connectivity index (χ3n) is 11.0. The first-order valence-corrected chi connectivity index (χ1v) is 19.7. The molecule has 267 valence electrons. The molecule has 0 saturated heterocycles. The molecule has 9 atom stereocenters. The van der Waals surface area contributed by atoms with Gasteiger partial charge in [0.25, 0.3) is 20.2 Å². The van der Waals surface area contributed by atoms with Crippen molar-refractivity contribution >= 4 is 26.1 Å². The van der Waals surface area contributed by atoms with E-state index < -0.39 is 55.0 Å². The summed E-state index contributed by atoms with van der Waals surface area (Å²) in [6, 6.07) is -2.24. The number of hydrogen-bond acceptors (Lipinski definition) is 11. The molecule has 17 heteroatoms. The van der Waals surface area contributed by atoms with Crippen LogP contribution >= 0.6 is 0 Å². The minimum absolute atomic E-state index is 0.